The molecule has 2 aliphatic heterocycles. The first-order valence-electron chi connectivity index (χ1n) is 9.97. The van der Waals surface area contributed by atoms with Crippen molar-refractivity contribution in [3.05, 3.63) is 29.8 Å². The number of rotatable bonds is 8. The maximum Gasteiger partial charge on any atom is 0.186 e. The molecule has 0 saturated carbocycles. The molecule has 30 heavy (non-hydrogen) atoms. The van der Waals surface area contributed by atoms with Gasteiger partial charge in [0, 0.05) is 12.8 Å². The summed E-state index contributed by atoms with van der Waals surface area (Å²) < 4.78 is 34.7. The zero-order valence-electron chi connectivity index (χ0n) is 16.4. The van der Waals surface area contributed by atoms with Gasteiger partial charge < -0.3 is 44.5 Å². The summed E-state index contributed by atoms with van der Waals surface area (Å²) in [6, 6.07) is 6.63. The highest BCUT2D eigenvalue weighted by Gasteiger charge is 2.44. The molecule has 2 fully saturated rings. The van der Waals surface area contributed by atoms with Gasteiger partial charge in [0.25, 0.3) is 0 Å². The highest BCUT2D eigenvalue weighted by atomic mass is 19.1. The van der Waals surface area contributed by atoms with Crippen molar-refractivity contribution in [3.8, 4) is 5.75 Å². The van der Waals surface area contributed by atoms with Gasteiger partial charge in [0.15, 0.2) is 6.29 Å². The molecule has 8 atom stereocenters. The molecule has 2 heterocycles. The smallest absolute Gasteiger partial charge is 0.186 e. The topological polar surface area (TPSA) is 138 Å². The fraction of sp³-hybridized carbons (Fsp3) is 0.700. The van der Waals surface area contributed by atoms with Crippen molar-refractivity contribution in [3.63, 3.8) is 0 Å². The fourth-order valence-corrected chi connectivity index (χ4v) is 3.72. The lowest BCUT2D eigenvalue weighted by Crippen LogP contribution is -2.54. The zero-order valence-corrected chi connectivity index (χ0v) is 16.4. The predicted molar refractivity (Wildman–Crippen MR) is 100 cm³/mol. The summed E-state index contributed by atoms with van der Waals surface area (Å²) in [5.74, 6) is 0.407. The van der Waals surface area contributed by atoms with Crippen molar-refractivity contribution >= 4 is 0 Å². The standard InChI is InChI=1S/C20H29FO9/c21-4-5-27-12-3-1-2-11(6-12)19-18(26)16(8-14(10-23)28-19)30-20-17(25)15(24)7-13(9-22)29-20/h1-3,6,13-20,22-26H,4-5,7-10H2/t13-,14-,15-,16-,17-,18-,19+,20+/m0/s1. The Labute approximate surface area is 173 Å². The lowest BCUT2D eigenvalue weighted by molar-refractivity contribution is -0.309. The summed E-state index contributed by atoms with van der Waals surface area (Å²) in [4.78, 5) is 0. The van der Waals surface area contributed by atoms with Gasteiger partial charge in [-0.1, -0.05) is 12.1 Å². The van der Waals surface area contributed by atoms with Crippen molar-refractivity contribution in [2.75, 3.05) is 26.5 Å². The Morgan fingerprint density at radius 2 is 1.73 bits per heavy atom. The number of alkyl halides is 1. The number of halogens is 1. The van der Waals surface area contributed by atoms with Crippen molar-refractivity contribution in [2.24, 2.45) is 0 Å². The van der Waals surface area contributed by atoms with Crippen molar-refractivity contribution in [1.82, 2.24) is 0 Å². The molecular weight excluding hydrogens is 403 g/mol. The number of benzene rings is 1. The number of aliphatic hydroxyl groups is 5. The molecule has 0 unspecified atom stereocenters. The van der Waals surface area contributed by atoms with E-state index in [0.29, 0.717) is 11.3 Å². The first-order chi connectivity index (χ1) is 14.5. The minimum Gasteiger partial charge on any atom is -0.491 e. The Bertz CT molecular complexity index is 663. The van der Waals surface area contributed by atoms with Crippen LogP contribution in [0.5, 0.6) is 5.75 Å². The summed E-state index contributed by atoms with van der Waals surface area (Å²) in [6.07, 6.45) is -7.90. The number of aliphatic hydroxyl groups excluding tert-OH is 5. The minimum atomic E-state index is -1.36. The molecule has 0 aromatic heterocycles. The fourth-order valence-electron chi connectivity index (χ4n) is 3.72. The molecule has 0 bridgehead atoms. The van der Waals surface area contributed by atoms with Crippen LogP contribution in [0.1, 0.15) is 24.5 Å². The molecule has 3 rings (SSSR count). The van der Waals surface area contributed by atoms with Crippen LogP contribution in [0, 0.1) is 0 Å². The molecule has 1 aromatic carbocycles. The second kappa shape index (κ2) is 10.8. The summed E-state index contributed by atoms with van der Waals surface area (Å²) >= 11 is 0. The third-order valence-corrected chi connectivity index (χ3v) is 5.28. The SMILES string of the molecule is OC[C@@H]1C[C@H](O)[C@H](O)[C@@H](O[C@H]2C[C@@H](CO)O[C@H](c3cccc(OCCF)c3)[C@H]2O)O1. The summed E-state index contributed by atoms with van der Waals surface area (Å²) in [5.41, 5.74) is 0.545. The molecule has 9 nitrogen and oxygen atoms in total. The summed E-state index contributed by atoms with van der Waals surface area (Å²) in [7, 11) is 0. The van der Waals surface area contributed by atoms with E-state index >= 15 is 0 Å². The summed E-state index contributed by atoms with van der Waals surface area (Å²) in [5, 5.41) is 50.0. The van der Waals surface area contributed by atoms with E-state index in [0.717, 1.165) is 0 Å². The normalized spacial score (nSPS) is 37.1. The molecule has 1 aromatic rings. The number of hydrogen-bond acceptors (Lipinski definition) is 9. The quantitative estimate of drug-likeness (QED) is 0.366. The molecule has 0 radical (unpaired) electrons. The van der Waals surface area contributed by atoms with Crippen LogP contribution in [-0.2, 0) is 14.2 Å². The van der Waals surface area contributed by atoms with Crippen LogP contribution in [-0.4, -0.2) is 94.9 Å². The molecule has 2 aliphatic rings. The Balaban J connectivity index is 1.76. The molecule has 10 heteroatoms. The van der Waals surface area contributed by atoms with Crippen LogP contribution in [0.3, 0.4) is 0 Å². The molecular formula is C20H29FO9. The number of ether oxygens (including phenoxy) is 4. The van der Waals surface area contributed by atoms with E-state index < -0.39 is 55.7 Å². The van der Waals surface area contributed by atoms with Gasteiger partial charge in [0.1, 0.15) is 37.3 Å². The van der Waals surface area contributed by atoms with Gasteiger partial charge in [0.05, 0.1) is 37.6 Å². The second-order valence-corrected chi connectivity index (χ2v) is 7.47. The van der Waals surface area contributed by atoms with Gasteiger partial charge in [-0.15, -0.1) is 0 Å². The average Bonchev–Trinajstić information content (AvgIpc) is 2.76. The lowest BCUT2D eigenvalue weighted by atomic mass is 9.92. The van der Waals surface area contributed by atoms with Crippen molar-refractivity contribution in [1.29, 1.82) is 0 Å². The minimum absolute atomic E-state index is 0.0570. The zero-order chi connectivity index (χ0) is 21.7. The molecule has 0 spiro atoms. The van der Waals surface area contributed by atoms with E-state index in [2.05, 4.69) is 0 Å². The third-order valence-electron chi connectivity index (χ3n) is 5.28. The maximum atomic E-state index is 12.4. The lowest BCUT2D eigenvalue weighted by Gasteiger charge is -2.43. The van der Waals surface area contributed by atoms with Crippen LogP contribution in [0.2, 0.25) is 0 Å². The van der Waals surface area contributed by atoms with Crippen molar-refractivity contribution < 1.29 is 48.9 Å². The third kappa shape index (κ3) is 5.45. The largest absolute Gasteiger partial charge is 0.491 e. The van der Waals surface area contributed by atoms with Crippen LogP contribution in [0.15, 0.2) is 24.3 Å². The maximum absolute atomic E-state index is 12.4. The Morgan fingerprint density at radius 1 is 1.00 bits per heavy atom. The highest BCUT2D eigenvalue weighted by Crippen LogP contribution is 2.36. The van der Waals surface area contributed by atoms with E-state index in [1.807, 2.05) is 0 Å². The van der Waals surface area contributed by atoms with Gasteiger partial charge >= 0.3 is 0 Å². The van der Waals surface area contributed by atoms with Crippen LogP contribution >= 0.6 is 0 Å². The molecule has 0 aliphatic carbocycles. The van der Waals surface area contributed by atoms with Crippen LogP contribution in [0.25, 0.3) is 0 Å². The van der Waals surface area contributed by atoms with Gasteiger partial charge in [-0.3, -0.25) is 0 Å². The first kappa shape index (κ1) is 23.3. The Morgan fingerprint density at radius 3 is 2.43 bits per heavy atom. The van der Waals surface area contributed by atoms with Crippen molar-refractivity contribution in [2.45, 2.75) is 61.9 Å². The van der Waals surface area contributed by atoms with E-state index in [1.165, 1.54) is 0 Å². The Hall–Kier alpha value is -1.37. The average molecular weight is 432 g/mol. The Kier molecular flexibility index (Phi) is 8.37. The molecule has 5 N–H and O–H groups in total. The second-order valence-electron chi connectivity index (χ2n) is 7.47. The van der Waals surface area contributed by atoms with Gasteiger partial charge in [-0.25, -0.2) is 4.39 Å². The van der Waals surface area contributed by atoms with E-state index in [-0.39, 0.29) is 32.7 Å². The van der Waals surface area contributed by atoms with Gasteiger partial charge in [0.2, 0.25) is 0 Å². The van der Waals surface area contributed by atoms with Gasteiger partial charge in [-0.05, 0) is 17.7 Å². The summed E-state index contributed by atoms with van der Waals surface area (Å²) in [6.45, 7) is -1.42. The predicted octanol–water partition coefficient (Wildman–Crippen LogP) is -0.568. The molecule has 170 valence electrons. The molecule has 0 amide bonds. The monoisotopic (exact) mass is 432 g/mol. The van der Waals surface area contributed by atoms with Gasteiger partial charge in [-0.2, -0.15) is 0 Å². The first-order valence-corrected chi connectivity index (χ1v) is 9.97. The molecule has 2 saturated heterocycles. The van der Waals surface area contributed by atoms with Crippen LogP contribution < -0.4 is 4.74 Å². The number of hydrogen-bond donors (Lipinski definition) is 5. The van der Waals surface area contributed by atoms with E-state index in [1.54, 1.807) is 24.3 Å². The van der Waals surface area contributed by atoms with E-state index in [4.69, 9.17) is 18.9 Å². The van der Waals surface area contributed by atoms with Crippen LogP contribution in [0.4, 0.5) is 4.39 Å². The van der Waals surface area contributed by atoms with E-state index in [9.17, 15) is 29.9 Å². The highest BCUT2D eigenvalue weighted by molar-refractivity contribution is 5.31.